The number of nitrogens with zero attached hydrogens (tertiary/aromatic N) is 1. The molecule has 2 rings (SSSR count). The molecule has 1 aromatic carbocycles. The third kappa shape index (κ3) is 3.71. The predicted octanol–water partition coefficient (Wildman–Crippen LogP) is 2.04. The van der Waals surface area contributed by atoms with Crippen molar-refractivity contribution in [3.63, 3.8) is 0 Å². The Hall–Kier alpha value is -2.07. The minimum atomic E-state index is -0.489. The van der Waals surface area contributed by atoms with E-state index in [1.165, 1.54) is 0 Å². The highest BCUT2D eigenvalue weighted by atomic mass is 16.3. The molecule has 0 aliphatic carbocycles. The Balaban J connectivity index is 2.03. The molecule has 0 aliphatic heterocycles. The van der Waals surface area contributed by atoms with E-state index in [1.54, 1.807) is 6.07 Å². The summed E-state index contributed by atoms with van der Waals surface area (Å²) in [5.41, 5.74) is 1.75. The van der Waals surface area contributed by atoms with Crippen LogP contribution in [0.15, 0.2) is 48.7 Å². The van der Waals surface area contributed by atoms with Gasteiger partial charge in [-0.15, -0.1) is 0 Å². The van der Waals surface area contributed by atoms with Crippen LogP contribution in [0.3, 0.4) is 0 Å². The molecule has 1 aromatic heterocycles. The molecule has 0 fully saturated rings. The number of rotatable bonds is 6. The summed E-state index contributed by atoms with van der Waals surface area (Å²) in [6.07, 6.45) is 2.03. The Morgan fingerprint density at radius 1 is 1.25 bits per heavy atom. The lowest BCUT2D eigenvalue weighted by Gasteiger charge is -2.12. The molecule has 0 saturated carbocycles. The molecule has 2 aromatic rings. The number of nitrogens with one attached hydrogen (secondary N) is 1. The van der Waals surface area contributed by atoms with Gasteiger partial charge in [-0.1, -0.05) is 37.3 Å². The van der Waals surface area contributed by atoms with Gasteiger partial charge in [0, 0.05) is 19.3 Å². The zero-order valence-corrected chi connectivity index (χ0v) is 11.6. The molecule has 106 valence electrons. The van der Waals surface area contributed by atoms with Gasteiger partial charge in [0.2, 0.25) is 0 Å². The molecule has 4 heteroatoms. The molecule has 0 saturated heterocycles. The number of carbonyl (C=O) groups excluding carboxylic acids is 1. The summed E-state index contributed by atoms with van der Waals surface area (Å²) in [6.45, 7) is 2.83. The van der Waals surface area contributed by atoms with Crippen molar-refractivity contribution in [2.75, 3.05) is 6.54 Å². The highest BCUT2D eigenvalue weighted by Gasteiger charge is 2.12. The summed E-state index contributed by atoms with van der Waals surface area (Å²) < 4.78 is 1.91. The molecular weight excluding hydrogens is 252 g/mol. The molecule has 1 heterocycles. The number of aliphatic hydroxyl groups is 1. The lowest BCUT2D eigenvalue weighted by atomic mass is 10.2. The fraction of sp³-hybridized carbons (Fsp3) is 0.312. The molecule has 0 radical (unpaired) electrons. The van der Waals surface area contributed by atoms with Crippen LogP contribution in [0, 0.1) is 0 Å². The van der Waals surface area contributed by atoms with Gasteiger partial charge in [0.15, 0.2) is 0 Å². The summed E-state index contributed by atoms with van der Waals surface area (Å²) in [4.78, 5) is 12.1. The smallest absolute Gasteiger partial charge is 0.268 e. The van der Waals surface area contributed by atoms with Crippen LogP contribution in [0.5, 0.6) is 0 Å². The first-order valence-electron chi connectivity index (χ1n) is 6.86. The molecule has 1 atom stereocenters. The monoisotopic (exact) mass is 272 g/mol. The van der Waals surface area contributed by atoms with Crippen LogP contribution < -0.4 is 5.32 Å². The van der Waals surface area contributed by atoms with Gasteiger partial charge in [0.05, 0.1) is 6.10 Å². The third-order valence-corrected chi connectivity index (χ3v) is 3.23. The maximum absolute atomic E-state index is 12.1. The highest BCUT2D eigenvalue weighted by Crippen LogP contribution is 2.08. The molecular formula is C16H20N2O2. The topological polar surface area (TPSA) is 54.3 Å². The van der Waals surface area contributed by atoms with Crippen LogP contribution >= 0.6 is 0 Å². The maximum Gasteiger partial charge on any atom is 0.268 e. The largest absolute Gasteiger partial charge is 0.391 e. The van der Waals surface area contributed by atoms with Crippen LogP contribution in [0.4, 0.5) is 0 Å². The quantitative estimate of drug-likeness (QED) is 0.845. The fourth-order valence-corrected chi connectivity index (χ4v) is 1.98. The lowest BCUT2D eigenvalue weighted by Crippen LogP contribution is -2.33. The van der Waals surface area contributed by atoms with E-state index in [9.17, 15) is 9.90 Å². The van der Waals surface area contributed by atoms with Crippen LogP contribution in [-0.4, -0.2) is 28.2 Å². The Labute approximate surface area is 119 Å². The second-order valence-electron chi connectivity index (χ2n) is 4.78. The van der Waals surface area contributed by atoms with Crippen LogP contribution in [0.1, 0.15) is 29.4 Å². The standard InChI is InChI=1S/C16H20N2O2/c1-2-14(19)11-17-16(20)15-9-6-10-18(15)12-13-7-4-3-5-8-13/h3-10,14,19H,2,11-12H2,1H3,(H,17,20). The number of benzene rings is 1. The molecule has 1 unspecified atom stereocenters. The zero-order valence-electron chi connectivity index (χ0n) is 11.6. The Morgan fingerprint density at radius 3 is 2.70 bits per heavy atom. The number of aromatic nitrogens is 1. The minimum absolute atomic E-state index is 0.154. The van der Waals surface area contributed by atoms with Gasteiger partial charge in [0.1, 0.15) is 5.69 Å². The van der Waals surface area contributed by atoms with Crippen molar-refractivity contribution in [2.24, 2.45) is 0 Å². The van der Waals surface area contributed by atoms with E-state index in [-0.39, 0.29) is 12.5 Å². The maximum atomic E-state index is 12.1. The van der Waals surface area contributed by atoms with Crippen molar-refractivity contribution in [3.05, 3.63) is 59.9 Å². The van der Waals surface area contributed by atoms with Crippen molar-refractivity contribution in [2.45, 2.75) is 26.0 Å². The van der Waals surface area contributed by atoms with Gasteiger partial charge < -0.3 is 15.0 Å². The van der Waals surface area contributed by atoms with E-state index in [0.29, 0.717) is 18.7 Å². The molecule has 4 nitrogen and oxygen atoms in total. The van der Waals surface area contributed by atoms with E-state index >= 15 is 0 Å². The average Bonchev–Trinajstić information content (AvgIpc) is 2.93. The predicted molar refractivity (Wildman–Crippen MR) is 78.6 cm³/mol. The van der Waals surface area contributed by atoms with Crippen molar-refractivity contribution < 1.29 is 9.90 Å². The second kappa shape index (κ2) is 6.91. The number of amides is 1. The van der Waals surface area contributed by atoms with Crippen molar-refractivity contribution in [1.82, 2.24) is 9.88 Å². The highest BCUT2D eigenvalue weighted by molar-refractivity contribution is 5.92. The van der Waals surface area contributed by atoms with Gasteiger partial charge in [-0.05, 0) is 24.1 Å². The van der Waals surface area contributed by atoms with Crippen molar-refractivity contribution >= 4 is 5.91 Å². The first kappa shape index (κ1) is 14.3. The second-order valence-corrected chi connectivity index (χ2v) is 4.78. The van der Waals surface area contributed by atoms with E-state index in [2.05, 4.69) is 5.32 Å². The first-order chi connectivity index (χ1) is 9.70. The number of carbonyl (C=O) groups is 1. The minimum Gasteiger partial charge on any atom is -0.391 e. The van der Waals surface area contributed by atoms with Crippen LogP contribution in [0.2, 0.25) is 0 Å². The van der Waals surface area contributed by atoms with Crippen molar-refractivity contribution in [3.8, 4) is 0 Å². The summed E-state index contributed by atoms with van der Waals surface area (Å²) in [5.74, 6) is -0.154. The summed E-state index contributed by atoms with van der Waals surface area (Å²) >= 11 is 0. The summed E-state index contributed by atoms with van der Waals surface area (Å²) in [6, 6.07) is 13.6. The Bertz CT molecular complexity index is 549. The van der Waals surface area contributed by atoms with Gasteiger partial charge in [0.25, 0.3) is 5.91 Å². The molecule has 20 heavy (non-hydrogen) atoms. The Morgan fingerprint density at radius 2 is 2.00 bits per heavy atom. The Kier molecular flexibility index (Phi) is 4.96. The van der Waals surface area contributed by atoms with E-state index in [4.69, 9.17) is 0 Å². The van der Waals surface area contributed by atoms with Gasteiger partial charge in [-0.25, -0.2) is 0 Å². The normalized spacial score (nSPS) is 12.1. The van der Waals surface area contributed by atoms with E-state index in [1.807, 2.05) is 54.1 Å². The number of hydrogen-bond donors (Lipinski definition) is 2. The van der Waals surface area contributed by atoms with E-state index in [0.717, 1.165) is 5.56 Å². The molecule has 0 spiro atoms. The van der Waals surface area contributed by atoms with Gasteiger partial charge in [-0.2, -0.15) is 0 Å². The fourth-order valence-electron chi connectivity index (χ4n) is 1.98. The summed E-state index contributed by atoms with van der Waals surface area (Å²) in [7, 11) is 0. The third-order valence-electron chi connectivity index (χ3n) is 3.23. The van der Waals surface area contributed by atoms with Crippen LogP contribution in [-0.2, 0) is 6.54 Å². The molecule has 0 aliphatic rings. The average molecular weight is 272 g/mol. The molecule has 2 N–H and O–H groups in total. The molecule has 0 bridgehead atoms. The van der Waals surface area contributed by atoms with Gasteiger partial charge >= 0.3 is 0 Å². The van der Waals surface area contributed by atoms with E-state index < -0.39 is 6.10 Å². The lowest BCUT2D eigenvalue weighted by molar-refractivity contribution is 0.0905. The number of hydrogen-bond acceptors (Lipinski definition) is 2. The molecule has 1 amide bonds. The van der Waals surface area contributed by atoms with Crippen LogP contribution in [0.25, 0.3) is 0 Å². The van der Waals surface area contributed by atoms with Gasteiger partial charge in [-0.3, -0.25) is 4.79 Å². The van der Waals surface area contributed by atoms with Crippen molar-refractivity contribution in [1.29, 1.82) is 0 Å². The SMILES string of the molecule is CCC(O)CNC(=O)c1cccn1Cc1ccccc1. The summed E-state index contributed by atoms with van der Waals surface area (Å²) in [5, 5.41) is 12.2. The number of aliphatic hydroxyl groups excluding tert-OH is 1. The zero-order chi connectivity index (χ0) is 14.4. The first-order valence-corrected chi connectivity index (χ1v) is 6.86.